The third-order valence-electron chi connectivity index (χ3n) is 2.25. The summed E-state index contributed by atoms with van der Waals surface area (Å²) in [6.45, 7) is 0.609. The van der Waals surface area contributed by atoms with Gasteiger partial charge in [-0.2, -0.15) is 0 Å². The van der Waals surface area contributed by atoms with Crippen molar-refractivity contribution in [2.24, 2.45) is 0 Å². The number of aromatic nitrogens is 1. The molecule has 17 heavy (non-hydrogen) atoms. The molecule has 0 fully saturated rings. The molecule has 2 rings (SSSR count). The van der Waals surface area contributed by atoms with Gasteiger partial charge in [-0.25, -0.2) is 0 Å². The molecule has 1 N–H and O–H groups in total. The van der Waals surface area contributed by atoms with E-state index in [9.17, 15) is 4.79 Å². The van der Waals surface area contributed by atoms with Crippen molar-refractivity contribution in [3.8, 4) is 0 Å². The zero-order valence-electron chi connectivity index (χ0n) is 9.02. The van der Waals surface area contributed by atoms with Crippen LogP contribution in [0.1, 0.15) is 15.2 Å². The van der Waals surface area contributed by atoms with E-state index in [-0.39, 0.29) is 5.91 Å². The molecule has 2 aromatic heterocycles. The number of amides is 1. The Bertz CT molecular complexity index is 499. The first-order chi connectivity index (χ1) is 8.27. The second-order valence-electron chi connectivity index (χ2n) is 3.44. The van der Waals surface area contributed by atoms with E-state index in [1.807, 2.05) is 11.4 Å². The van der Waals surface area contributed by atoms with Crippen LogP contribution in [0.2, 0.25) is 5.02 Å². The Hall–Kier alpha value is -1.39. The average Bonchev–Trinajstić information content (AvgIpc) is 2.82. The van der Waals surface area contributed by atoms with E-state index in [0.29, 0.717) is 17.1 Å². The van der Waals surface area contributed by atoms with Crippen LogP contribution in [0.25, 0.3) is 0 Å². The molecule has 0 unspecified atom stereocenters. The molecule has 0 aliphatic rings. The van der Waals surface area contributed by atoms with Crippen molar-refractivity contribution >= 4 is 28.8 Å². The van der Waals surface area contributed by atoms with Gasteiger partial charge < -0.3 is 5.32 Å². The minimum Gasteiger partial charge on any atom is -0.352 e. The number of halogens is 1. The molecule has 0 spiro atoms. The lowest BCUT2D eigenvalue weighted by molar-refractivity contribution is 0.0954. The number of hydrogen-bond acceptors (Lipinski definition) is 3. The summed E-state index contributed by atoms with van der Waals surface area (Å²) in [6.07, 6.45) is 3.86. The number of hydrogen-bond donors (Lipinski definition) is 1. The summed E-state index contributed by atoms with van der Waals surface area (Å²) in [5.41, 5.74) is 0.466. The first-order valence-corrected chi connectivity index (χ1v) is 6.43. The Morgan fingerprint density at radius 2 is 2.35 bits per heavy atom. The zero-order valence-corrected chi connectivity index (χ0v) is 10.6. The van der Waals surface area contributed by atoms with Crippen molar-refractivity contribution in [3.63, 3.8) is 0 Å². The van der Waals surface area contributed by atoms with Crippen LogP contribution in [0.5, 0.6) is 0 Å². The second-order valence-corrected chi connectivity index (χ2v) is 4.88. The molecule has 2 aromatic rings. The molecule has 0 bridgehead atoms. The monoisotopic (exact) mass is 266 g/mol. The van der Waals surface area contributed by atoms with E-state index in [1.54, 1.807) is 23.6 Å². The van der Waals surface area contributed by atoms with Gasteiger partial charge >= 0.3 is 0 Å². The van der Waals surface area contributed by atoms with E-state index in [0.717, 1.165) is 6.42 Å². The van der Waals surface area contributed by atoms with Crippen molar-refractivity contribution in [1.82, 2.24) is 10.3 Å². The molecular formula is C12H11ClN2OS. The van der Waals surface area contributed by atoms with E-state index in [1.165, 1.54) is 11.1 Å². The maximum Gasteiger partial charge on any atom is 0.252 e. The molecule has 0 aliphatic carbocycles. The Morgan fingerprint density at radius 3 is 3.06 bits per heavy atom. The summed E-state index contributed by atoms with van der Waals surface area (Å²) in [5.74, 6) is -0.158. The van der Waals surface area contributed by atoms with Crippen LogP contribution >= 0.6 is 22.9 Å². The minimum atomic E-state index is -0.158. The van der Waals surface area contributed by atoms with Gasteiger partial charge in [0.1, 0.15) is 0 Å². The summed E-state index contributed by atoms with van der Waals surface area (Å²) >= 11 is 7.56. The van der Waals surface area contributed by atoms with Gasteiger partial charge in [0, 0.05) is 23.8 Å². The Morgan fingerprint density at radius 1 is 1.47 bits per heavy atom. The van der Waals surface area contributed by atoms with Crippen LogP contribution in [0.15, 0.2) is 36.0 Å². The number of nitrogens with one attached hydrogen (secondary N) is 1. The molecule has 3 nitrogen and oxygen atoms in total. The third kappa shape index (κ3) is 3.28. The SMILES string of the molecule is O=C(NCCc1cccs1)c1ccncc1Cl. The standard InChI is InChI=1S/C12H11ClN2OS/c13-11-8-14-5-4-10(11)12(16)15-6-3-9-2-1-7-17-9/h1-2,4-5,7-8H,3,6H2,(H,15,16). The molecule has 0 aliphatic heterocycles. The fourth-order valence-electron chi connectivity index (χ4n) is 1.41. The summed E-state index contributed by atoms with van der Waals surface area (Å²) in [5, 5.41) is 5.23. The van der Waals surface area contributed by atoms with Gasteiger partial charge in [-0.05, 0) is 23.9 Å². The maximum absolute atomic E-state index is 11.8. The van der Waals surface area contributed by atoms with Gasteiger partial charge in [-0.3, -0.25) is 9.78 Å². The maximum atomic E-state index is 11.8. The van der Waals surface area contributed by atoms with Crippen LogP contribution in [-0.2, 0) is 6.42 Å². The summed E-state index contributed by atoms with van der Waals surface area (Å²) in [7, 11) is 0. The normalized spacial score (nSPS) is 10.2. The highest BCUT2D eigenvalue weighted by atomic mass is 35.5. The van der Waals surface area contributed by atoms with E-state index in [4.69, 9.17) is 11.6 Å². The lowest BCUT2D eigenvalue weighted by Crippen LogP contribution is -2.25. The lowest BCUT2D eigenvalue weighted by Gasteiger charge is -2.05. The Labute approximate surface area is 108 Å². The van der Waals surface area contributed by atoms with Crippen LogP contribution in [0, 0.1) is 0 Å². The first kappa shape index (κ1) is 12.1. The highest BCUT2D eigenvalue weighted by molar-refractivity contribution is 7.09. The van der Waals surface area contributed by atoms with Gasteiger partial charge in [0.15, 0.2) is 0 Å². The fraction of sp³-hybridized carbons (Fsp3) is 0.167. The molecule has 0 saturated heterocycles. The third-order valence-corrected chi connectivity index (χ3v) is 3.49. The highest BCUT2D eigenvalue weighted by Crippen LogP contribution is 2.13. The number of carbonyl (C=O) groups excluding carboxylic acids is 1. The van der Waals surface area contributed by atoms with Crippen LogP contribution in [0.3, 0.4) is 0 Å². The van der Waals surface area contributed by atoms with E-state index >= 15 is 0 Å². The molecule has 0 saturated carbocycles. The molecule has 0 radical (unpaired) electrons. The Balaban J connectivity index is 1.88. The van der Waals surface area contributed by atoms with Gasteiger partial charge in [0.2, 0.25) is 0 Å². The van der Waals surface area contributed by atoms with Crippen molar-refractivity contribution in [1.29, 1.82) is 0 Å². The van der Waals surface area contributed by atoms with Crippen LogP contribution in [0.4, 0.5) is 0 Å². The van der Waals surface area contributed by atoms with E-state index in [2.05, 4.69) is 16.4 Å². The smallest absolute Gasteiger partial charge is 0.252 e. The lowest BCUT2D eigenvalue weighted by atomic mass is 10.2. The zero-order chi connectivity index (χ0) is 12.1. The summed E-state index contributed by atoms with van der Waals surface area (Å²) in [4.78, 5) is 16.9. The van der Waals surface area contributed by atoms with Gasteiger partial charge in [-0.15, -0.1) is 11.3 Å². The number of thiophene rings is 1. The molecule has 0 aromatic carbocycles. The predicted octanol–water partition coefficient (Wildman–Crippen LogP) is 2.77. The second kappa shape index (κ2) is 5.80. The number of nitrogens with zero attached hydrogens (tertiary/aromatic N) is 1. The van der Waals surface area contributed by atoms with Crippen LogP contribution < -0.4 is 5.32 Å². The van der Waals surface area contributed by atoms with Gasteiger partial charge in [0.25, 0.3) is 5.91 Å². The molecule has 2 heterocycles. The van der Waals surface area contributed by atoms with Gasteiger partial charge in [0.05, 0.1) is 10.6 Å². The number of carbonyl (C=O) groups is 1. The fourth-order valence-corrected chi connectivity index (χ4v) is 2.32. The topological polar surface area (TPSA) is 42.0 Å². The average molecular weight is 267 g/mol. The molecule has 5 heteroatoms. The number of rotatable bonds is 4. The minimum absolute atomic E-state index is 0.158. The summed E-state index contributed by atoms with van der Waals surface area (Å²) in [6, 6.07) is 5.67. The molecule has 88 valence electrons. The largest absolute Gasteiger partial charge is 0.352 e. The highest BCUT2D eigenvalue weighted by Gasteiger charge is 2.08. The van der Waals surface area contributed by atoms with Crippen molar-refractivity contribution < 1.29 is 4.79 Å². The van der Waals surface area contributed by atoms with Gasteiger partial charge in [-0.1, -0.05) is 17.7 Å². The Kier molecular flexibility index (Phi) is 4.12. The molecule has 1 amide bonds. The molecular weight excluding hydrogens is 256 g/mol. The van der Waals surface area contributed by atoms with E-state index < -0.39 is 0 Å². The summed E-state index contributed by atoms with van der Waals surface area (Å²) < 4.78 is 0. The molecule has 0 atom stereocenters. The van der Waals surface area contributed by atoms with Crippen molar-refractivity contribution in [3.05, 3.63) is 51.4 Å². The quantitative estimate of drug-likeness (QED) is 0.925. The first-order valence-electron chi connectivity index (χ1n) is 5.17. The predicted molar refractivity (Wildman–Crippen MR) is 69.6 cm³/mol. The van der Waals surface area contributed by atoms with Crippen molar-refractivity contribution in [2.45, 2.75) is 6.42 Å². The number of pyridine rings is 1. The van der Waals surface area contributed by atoms with Crippen LogP contribution in [-0.4, -0.2) is 17.4 Å². The van der Waals surface area contributed by atoms with Crippen molar-refractivity contribution in [2.75, 3.05) is 6.54 Å².